The monoisotopic (exact) mass is 958 g/mol. The number of unbranched alkanes of at least 4 members (excludes halogenated alkanes) is 16. The van der Waals surface area contributed by atoms with E-state index < -0.39 is 148 Å². The Labute approximate surface area is 390 Å². The fourth-order valence-electron chi connectivity index (χ4n) is 7.03. The molecule has 0 aromatic heterocycles. The minimum Gasteiger partial charge on any atom is -0.506 e. The number of ether oxygens (including phenoxy) is 3. The van der Waals surface area contributed by atoms with Gasteiger partial charge in [-0.15, -0.1) is 0 Å². The predicted octanol–water partition coefficient (Wildman–Crippen LogP) is 4.52. The molecule has 20 nitrogen and oxygen atoms in total. The minimum atomic E-state index is -2.46. The molecule has 20 heteroatoms. The van der Waals surface area contributed by atoms with Crippen LogP contribution in [0.5, 0.6) is 0 Å². The minimum absolute atomic E-state index is 0.422. The molecule has 0 radical (unpaired) electrons. The van der Waals surface area contributed by atoms with Crippen molar-refractivity contribution in [3.8, 4) is 0 Å². The van der Waals surface area contributed by atoms with Gasteiger partial charge in [0.05, 0.1) is 19.8 Å². The Morgan fingerprint density at radius 1 is 0.409 bits per heavy atom. The third-order valence-electron chi connectivity index (χ3n) is 11.3. The van der Waals surface area contributed by atoms with Crippen LogP contribution < -0.4 is 5.32 Å². The van der Waals surface area contributed by atoms with Crippen LogP contribution in [0.2, 0.25) is 0 Å². The third kappa shape index (κ3) is 26.5. The standard InChI is InChI=1S/C46H87NO19/c1-3-5-7-9-11-13-15-17-19-21-32(22-20-18-16-14-12-10-8-6-4-2)42(60)47-46(29-64-43(61)39(57)36(54)33(51)23-26-48,30-65-44(62)40(58)37(55)34(52)24-27-49)31-66-45(63)41(59)38(56)35(53)25-28-50/h32-35,43-45,48-59,61-63H,3-31H2,1-2H3,(H,47,60)/b39-36+,40-37+,41-38+/t33-,34-,35-,43+,44+,45+/m1/s1. The summed E-state index contributed by atoms with van der Waals surface area (Å²) in [7, 11) is 0. The molecule has 390 valence electrons. The van der Waals surface area contributed by atoms with Gasteiger partial charge in [0, 0.05) is 45.0 Å². The van der Waals surface area contributed by atoms with Crippen molar-refractivity contribution in [2.45, 2.75) is 204 Å². The summed E-state index contributed by atoms with van der Waals surface area (Å²) < 4.78 is 16.3. The van der Waals surface area contributed by atoms with Crippen molar-refractivity contribution >= 4 is 5.91 Å². The Balaban J connectivity index is 7.05. The van der Waals surface area contributed by atoms with E-state index in [4.69, 9.17) is 29.5 Å². The van der Waals surface area contributed by atoms with Gasteiger partial charge in [0.2, 0.25) is 24.8 Å². The number of aliphatic hydroxyl groups excluding tert-OH is 15. The van der Waals surface area contributed by atoms with E-state index in [-0.39, 0.29) is 0 Å². The Morgan fingerprint density at radius 3 is 0.924 bits per heavy atom. The first-order valence-electron chi connectivity index (χ1n) is 23.9. The zero-order chi connectivity index (χ0) is 49.9. The van der Waals surface area contributed by atoms with Crippen LogP contribution in [0.15, 0.2) is 34.6 Å². The van der Waals surface area contributed by atoms with Crippen LogP contribution in [0.4, 0.5) is 0 Å². The van der Waals surface area contributed by atoms with Crippen LogP contribution in [-0.4, -0.2) is 165 Å². The molecule has 0 aromatic carbocycles. The van der Waals surface area contributed by atoms with Gasteiger partial charge in [-0.2, -0.15) is 0 Å². The highest BCUT2D eigenvalue weighted by atomic mass is 16.6. The van der Waals surface area contributed by atoms with Crippen molar-refractivity contribution in [2.75, 3.05) is 39.6 Å². The van der Waals surface area contributed by atoms with Crippen molar-refractivity contribution in [1.82, 2.24) is 5.32 Å². The first-order chi connectivity index (χ1) is 31.5. The topological polar surface area (TPSA) is 360 Å². The molecule has 0 fully saturated rings. The molecule has 0 bridgehead atoms. The fraction of sp³-hybridized carbons (Fsp3) is 0.848. The zero-order valence-electron chi connectivity index (χ0n) is 39.4. The molecule has 0 heterocycles. The van der Waals surface area contributed by atoms with Crippen molar-refractivity contribution in [2.24, 2.45) is 5.92 Å². The Hall–Kier alpha value is -2.99. The van der Waals surface area contributed by atoms with Gasteiger partial charge in [-0.25, -0.2) is 0 Å². The van der Waals surface area contributed by atoms with E-state index in [0.717, 1.165) is 77.0 Å². The number of nitrogens with one attached hydrogen (secondary N) is 1. The summed E-state index contributed by atoms with van der Waals surface area (Å²) in [4.78, 5) is 14.5. The molecule has 0 saturated carbocycles. The van der Waals surface area contributed by atoms with Gasteiger partial charge in [0.1, 0.15) is 23.9 Å². The lowest BCUT2D eigenvalue weighted by atomic mass is 9.91. The molecular formula is C46H87NO19. The van der Waals surface area contributed by atoms with E-state index in [9.17, 15) is 66.1 Å². The predicted molar refractivity (Wildman–Crippen MR) is 244 cm³/mol. The molecule has 0 rings (SSSR count). The van der Waals surface area contributed by atoms with Crippen LogP contribution in [-0.2, 0) is 19.0 Å². The normalized spacial score (nSPS) is 16.2. The molecule has 0 spiro atoms. The summed E-state index contributed by atoms with van der Waals surface area (Å²) in [5, 5.41) is 155. The van der Waals surface area contributed by atoms with Crippen LogP contribution in [0, 0.1) is 5.92 Å². The van der Waals surface area contributed by atoms with Gasteiger partial charge in [0.25, 0.3) is 0 Å². The van der Waals surface area contributed by atoms with Gasteiger partial charge in [0.15, 0.2) is 34.6 Å². The maximum absolute atomic E-state index is 14.5. The Bertz CT molecular complexity index is 1220. The summed E-state index contributed by atoms with van der Waals surface area (Å²) in [6, 6.07) is 0. The number of rotatable bonds is 43. The number of carbonyl (C=O) groups excluding carboxylic acids is 1. The molecule has 0 aromatic rings. The number of hydrogen-bond acceptors (Lipinski definition) is 19. The highest BCUT2D eigenvalue weighted by Gasteiger charge is 2.40. The molecule has 0 unspecified atom stereocenters. The second-order valence-corrected chi connectivity index (χ2v) is 17.1. The summed E-state index contributed by atoms with van der Waals surface area (Å²) in [6.45, 7) is -0.584. The highest BCUT2D eigenvalue weighted by Crippen LogP contribution is 2.25. The molecule has 0 aliphatic rings. The lowest BCUT2D eigenvalue weighted by Crippen LogP contribution is -2.61. The third-order valence-corrected chi connectivity index (χ3v) is 11.3. The molecular weight excluding hydrogens is 870 g/mol. The first kappa shape index (κ1) is 63.0. The second kappa shape index (κ2) is 37.9. The molecule has 16 N–H and O–H groups in total. The molecule has 1 amide bonds. The highest BCUT2D eigenvalue weighted by molar-refractivity contribution is 5.79. The molecule has 66 heavy (non-hydrogen) atoms. The molecule has 6 atom stereocenters. The van der Waals surface area contributed by atoms with E-state index >= 15 is 0 Å². The smallest absolute Gasteiger partial charge is 0.223 e. The van der Waals surface area contributed by atoms with Crippen LogP contribution in [0.3, 0.4) is 0 Å². The Morgan fingerprint density at radius 2 is 0.667 bits per heavy atom. The van der Waals surface area contributed by atoms with E-state index in [1.165, 1.54) is 25.7 Å². The average molecular weight is 958 g/mol. The van der Waals surface area contributed by atoms with Gasteiger partial charge in [-0.1, -0.05) is 129 Å². The molecule has 0 aliphatic carbocycles. The number of carbonyl (C=O) groups is 1. The lowest BCUT2D eigenvalue weighted by Gasteiger charge is -2.37. The Kier molecular flexibility index (Phi) is 36.2. The summed E-state index contributed by atoms with van der Waals surface area (Å²) in [5.41, 5.74) is -2.24. The summed E-state index contributed by atoms with van der Waals surface area (Å²) >= 11 is 0. The van der Waals surface area contributed by atoms with Crippen molar-refractivity contribution in [3.05, 3.63) is 34.6 Å². The van der Waals surface area contributed by atoms with Crippen LogP contribution in [0.1, 0.15) is 162 Å². The molecule has 0 aliphatic heterocycles. The van der Waals surface area contributed by atoms with E-state index in [2.05, 4.69) is 19.2 Å². The zero-order valence-corrected chi connectivity index (χ0v) is 39.4. The van der Waals surface area contributed by atoms with Crippen molar-refractivity contribution in [3.63, 3.8) is 0 Å². The van der Waals surface area contributed by atoms with E-state index in [1.54, 1.807) is 0 Å². The van der Waals surface area contributed by atoms with Gasteiger partial charge < -0.3 is 96.1 Å². The van der Waals surface area contributed by atoms with E-state index in [0.29, 0.717) is 25.7 Å². The summed E-state index contributed by atoms with van der Waals surface area (Å²) in [5.74, 6) is -8.75. The van der Waals surface area contributed by atoms with Crippen molar-refractivity contribution < 1.29 is 95.6 Å². The first-order valence-corrected chi connectivity index (χ1v) is 23.9. The quantitative estimate of drug-likeness (QED) is 0.0227. The van der Waals surface area contributed by atoms with Crippen LogP contribution in [0.25, 0.3) is 0 Å². The SMILES string of the molecule is CCCCCCCCCCCC(CCCCCCCCCCC)C(=O)NC(CO[C@H](O)/C(O)=C(\O)[C@H](O)CCO)(CO[C@H](O)/C(O)=C(\O)[C@H](O)CCO)CO[C@H](O)/C(O)=C(\O)[C@H](O)CCO. The largest absolute Gasteiger partial charge is 0.506 e. The van der Waals surface area contributed by atoms with Crippen molar-refractivity contribution in [1.29, 1.82) is 0 Å². The van der Waals surface area contributed by atoms with Crippen LogP contribution >= 0.6 is 0 Å². The van der Waals surface area contributed by atoms with Gasteiger partial charge in [-0.3, -0.25) is 4.79 Å². The van der Waals surface area contributed by atoms with E-state index in [1.807, 2.05) is 0 Å². The maximum atomic E-state index is 14.5. The fourth-order valence-corrected chi connectivity index (χ4v) is 7.03. The second-order valence-electron chi connectivity index (χ2n) is 17.1. The maximum Gasteiger partial charge on any atom is 0.223 e. The van der Waals surface area contributed by atoms with Gasteiger partial charge >= 0.3 is 0 Å². The number of amides is 1. The summed E-state index contributed by atoms with van der Waals surface area (Å²) in [6.07, 6.45) is 5.11. The number of hydrogen-bond donors (Lipinski definition) is 16. The average Bonchev–Trinajstić information content (AvgIpc) is 3.30. The lowest BCUT2D eigenvalue weighted by molar-refractivity contribution is -0.180. The van der Waals surface area contributed by atoms with Gasteiger partial charge in [-0.05, 0) is 12.8 Å². The molecule has 0 saturated heterocycles. The number of aliphatic hydroxyl groups is 15.